The molecule has 0 spiro atoms. The van der Waals surface area contributed by atoms with E-state index in [9.17, 15) is 8.42 Å². The number of piperidine rings is 1. The third kappa shape index (κ3) is 4.96. The summed E-state index contributed by atoms with van der Waals surface area (Å²) in [4.78, 5) is 4.56. The number of hydrogen-bond donors (Lipinski definition) is 0. The van der Waals surface area contributed by atoms with E-state index in [1.807, 2.05) is 19.1 Å². The molecule has 1 aromatic carbocycles. The Kier molecular flexibility index (Phi) is 6.98. The molecular weight excluding hydrogens is 482 g/mol. The van der Waals surface area contributed by atoms with E-state index >= 15 is 0 Å². The lowest BCUT2D eigenvalue weighted by Gasteiger charge is -2.35. The Balaban J connectivity index is 1.43. The number of nitrogens with zero attached hydrogens (tertiary/aromatic N) is 5. The molecule has 2 aliphatic heterocycles. The van der Waals surface area contributed by atoms with Crippen LogP contribution < -0.4 is 14.5 Å². The van der Waals surface area contributed by atoms with Gasteiger partial charge < -0.3 is 14.5 Å². The summed E-state index contributed by atoms with van der Waals surface area (Å²) < 4.78 is 34.3. The van der Waals surface area contributed by atoms with Gasteiger partial charge >= 0.3 is 0 Å². The molecule has 0 saturated carbocycles. The number of aromatic nitrogens is 2. The SMILES string of the molecule is CCOc1ccc(Br)cc1S(=O)(=O)N1CCN(c2ccc(N3CCCCC3)nn2)CC1. The average Bonchev–Trinajstić information content (AvgIpc) is 2.81. The van der Waals surface area contributed by atoms with Gasteiger partial charge in [0.2, 0.25) is 10.0 Å². The highest BCUT2D eigenvalue weighted by Crippen LogP contribution is 2.31. The largest absolute Gasteiger partial charge is 0.492 e. The van der Waals surface area contributed by atoms with Crippen LogP contribution in [0.15, 0.2) is 39.7 Å². The van der Waals surface area contributed by atoms with E-state index in [-0.39, 0.29) is 4.90 Å². The zero-order chi connectivity index (χ0) is 21.8. The first-order valence-electron chi connectivity index (χ1n) is 10.7. The predicted octanol–water partition coefficient (Wildman–Crippen LogP) is 3.14. The van der Waals surface area contributed by atoms with Crippen molar-refractivity contribution in [2.45, 2.75) is 31.1 Å². The Morgan fingerprint density at radius 1 is 0.903 bits per heavy atom. The van der Waals surface area contributed by atoms with Crippen LogP contribution >= 0.6 is 15.9 Å². The molecule has 0 radical (unpaired) electrons. The lowest BCUT2D eigenvalue weighted by molar-refractivity contribution is 0.327. The maximum absolute atomic E-state index is 13.3. The molecule has 0 bridgehead atoms. The van der Waals surface area contributed by atoms with Crippen LogP contribution in [-0.4, -0.2) is 68.8 Å². The van der Waals surface area contributed by atoms with Gasteiger partial charge in [-0.3, -0.25) is 0 Å². The molecule has 31 heavy (non-hydrogen) atoms. The van der Waals surface area contributed by atoms with Crippen LogP contribution in [0.1, 0.15) is 26.2 Å². The fourth-order valence-corrected chi connectivity index (χ4v) is 6.13. The van der Waals surface area contributed by atoms with E-state index < -0.39 is 10.0 Å². The fraction of sp³-hybridized carbons (Fsp3) is 0.524. The predicted molar refractivity (Wildman–Crippen MR) is 124 cm³/mol. The van der Waals surface area contributed by atoms with Crippen molar-refractivity contribution in [2.24, 2.45) is 0 Å². The van der Waals surface area contributed by atoms with Crippen molar-refractivity contribution in [3.8, 4) is 5.75 Å². The molecule has 0 aliphatic carbocycles. The highest BCUT2D eigenvalue weighted by atomic mass is 79.9. The number of sulfonamides is 1. The second-order valence-corrected chi connectivity index (χ2v) is 10.5. The van der Waals surface area contributed by atoms with Crippen LogP contribution in [0.4, 0.5) is 11.6 Å². The highest BCUT2D eigenvalue weighted by Gasteiger charge is 2.31. The number of piperazine rings is 1. The summed E-state index contributed by atoms with van der Waals surface area (Å²) in [5.41, 5.74) is 0. The van der Waals surface area contributed by atoms with Gasteiger partial charge in [0.1, 0.15) is 10.6 Å². The van der Waals surface area contributed by atoms with E-state index in [0.717, 1.165) is 24.7 Å². The van der Waals surface area contributed by atoms with Gasteiger partial charge in [0.05, 0.1) is 6.61 Å². The van der Waals surface area contributed by atoms with Crippen molar-refractivity contribution in [1.82, 2.24) is 14.5 Å². The Morgan fingerprint density at radius 3 is 2.10 bits per heavy atom. The summed E-state index contributed by atoms with van der Waals surface area (Å²) in [6, 6.07) is 9.09. The van der Waals surface area contributed by atoms with Gasteiger partial charge in [-0.2, -0.15) is 4.31 Å². The van der Waals surface area contributed by atoms with Gasteiger partial charge in [-0.25, -0.2) is 8.42 Å². The molecule has 2 aliphatic rings. The van der Waals surface area contributed by atoms with Crippen LogP contribution in [0.3, 0.4) is 0 Å². The smallest absolute Gasteiger partial charge is 0.246 e. The maximum atomic E-state index is 13.3. The first kappa shape index (κ1) is 22.3. The molecule has 0 amide bonds. The van der Waals surface area contributed by atoms with Crippen LogP contribution in [0.2, 0.25) is 0 Å². The maximum Gasteiger partial charge on any atom is 0.246 e. The first-order chi connectivity index (χ1) is 15.0. The van der Waals surface area contributed by atoms with Gasteiger partial charge in [0, 0.05) is 43.7 Å². The number of halogens is 1. The quantitative estimate of drug-likeness (QED) is 0.591. The average molecular weight is 510 g/mol. The molecule has 8 nitrogen and oxygen atoms in total. The molecule has 168 valence electrons. The molecule has 2 fully saturated rings. The molecule has 4 rings (SSSR count). The van der Waals surface area contributed by atoms with Crippen molar-refractivity contribution >= 4 is 37.6 Å². The van der Waals surface area contributed by atoms with Gasteiger partial charge in [-0.15, -0.1) is 10.2 Å². The van der Waals surface area contributed by atoms with Crippen LogP contribution in [-0.2, 0) is 10.0 Å². The monoisotopic (exact) mass is 509 g/mol. The molecule has 0 N–H and O–H groups in total. The lowest BCUT2D eigenvalue weighted by atomic mass is 10.1. The van der Waals surface area contributed by atoms with Crippen LogP contribution in [0.5, 0.6) is 5.75 Å². The number of anilines is 2. The Hall–Kier alpha value is -1.91. The summed E-state index contributed by atoms with van der Waals surface area (Å²) in [5.74, 6) is 2.09. The zero-order valence-electron chi connectivity index (χ0n) is 17.7. The zero-order valence-corrected chi connectivity index (χ0v) is 20.1. The Labute approximate surface area is 192 Å². The van der Waals surface area contributed by atoms with Crippen molar-refractivity contribution in [2.75, 3.05) is 55.7 Å². The van der Waals surface area contributed by atoms with Gasteiger partial charge in [-0.1, -0.05) is 15.9 Å². The normalized spacial score (nSPS) is 18.3. The van der Waals surface area contributed by atoms with Gasteiger partial charge in [0.25, 0.3) is 0 Å². The molecule has 1 aromatic heterocycles. The lowest BCUT2D eigenvalue weighted by Crippen LogP contribution is -2.49. The minimum Gasteiger partial charge on any atom is -0.492 e. The minimum atomic E-state index is -3.66. The van der Waals surface area contributed by atoms with E-state index in [4.69, 9.17) is 4.74 Å². The van der Waals surface area contributed by atoms with Crippen molar-refractivity contribution in [1.29, 1.82) is 0 Å². The van der Waals surface area contributed by atoms with Gasteiger partial charge in [0.15, 0.2) is 11.6 Å². The molecule has 3 heterocycles. The first-order valence-corrected chi connectivity index (χ1v) is 13.0. The van der Waals surface area contributed by atoms with Gasteiger partial charge in [-0.05, 0) is 56.5 Å². The van der Waals surface area contributed by atoms with E-state index in [1.165, 1.54) is 23.6 Å². The van der Waals surface area contributed by atoms with E-state index in [0.29, 0.717) is 43.0 Å². The van der Waals surface area contributed by atoms with Crippen LogP contribution in [0, 0.1) is 0 Å². The summed E-state index contributed by atoms with van der Waals surface area (Å²) in [7, 11) is -3.66. The Bertz CT molecular complexity index is 989. The van der Waals surface area contributed by atoms with Crippen LogP contribution in [0.25, 0.3) is 0 Å². The number of rotatable bonds is 6. The van der Waals surface area contributed by atoms with E-state index in [2.05, 4.69) is 35.9 Å². The minimum absolute atomic E-state index is 0.197. The summed E-state index contributed by atoms with van der Waals surface area (Å²) >= 11 is 3.37. The van der Waals surface area contributed by atoms with Crippen molar-refractivity contribution < 1.29 is 13.2 Å². The molecule has 2 aromatic rings. The molecule has 0 atom stereocenters. The topological polar surface area (TPSA) is 78.9 Å². The number of ether oxygens (including phenoxy) is 1. The second-order valence-electron chi connectivity index (χ2n) is 7.71. The number of hydrogen-bond acceptors (Lipinski definition) is 7. The molecule has 2 saturated heterocycles. The van der Waals surface area contributed by atoms with Crippen molar-refractivity contribution in [3.63, 3.8) is 0 Å². The molecule has 10 heteroatoms. The third-order valence-corrected chi connectivity index (χ3v) is 8.12. The fourth-order valence-electron chi connectivity index (χ4n) is 4.03. The summed E-state index contributed by atoms with van der Waals surface area (Å²) in [6.07, 6.45) is 3.67. The summed E-state index contributed by atoms with van der Waals surface area (Å²) in [5, 5.41) is 8.83. The highest BCUT2D eigenvalue weighted by molar-refractivity contribution is 9.10. The molecular formula is C21H28BrN5O3S. The standard InChI is InChI=1S/C21H28BrN5O3S/c1-2-30-18-7-6-17(22)16-19(18)31(28,29)27-14-12-26(13-15-27)21-9-8-20(23-24-21)25-10-4-3-5-11-25/h6-9,16H,2-5,10-15H2,1H3. The third-order valence-electron chi connectivity index (χ3n) is 5.70. The second kappa shape index (κ2) is 9.70. The summed E-state index contributed by atoms with van der Waals surface area (Å²) in [6.45, 7) is 6.21. The molecule has 0 unspecified atom stereocenters. The van der Waals surface area contributed by atoms with E-state index in [1.54, 1.807) is 18.2 Å². The van der Waals surface area contributed by atoms with Crippen molar-refractivity contribution in [3.05, 3.63) is 34.8 Å². The Morgan fingerprint density at radius 2 is 1.52 bits per heavy atom. The number of benzene rings is 1.